The van der Waals surface area contributed by atoms with Crippen molar-refractivity contribution in [3.05, 3.63) is 60.3 Å². The molecule has 0 fully saturated rings. The number of rotatable bonds is 3. The first kappa shape index (κ1) is 22.8. The third kappa shape index (κ3) is 14.6. The fourth-order valence-corrected chi connectivity index (χ4v) is 1.28. The zero-order valence-corrected chi connectivity index (χ0v) is 13.5. The van der Waals surface area contributed by atoms with E-state index < -0.39 is 0 Å². The molecule has 0 aromatic carbocycles. The minimum atomic E-state index is 0.500. The van der Waals surface area contributed by atoms with Gasteiger partial charge in [0, 0.05) is 0 Å². The highest BCUT2D eigenvalue weighted by molar-refractivity contribution is 5.41. The Morgan fingerprint density at radius 2 is 1.68 bits per heavy atom. The molecule has 0 aliphatic heterocycles. The van der Waals surface area contributed by atoms with E-state index in [2.05, 4.69) is 37.8 Å². The summed E-state index contributed by atoms with van der Waals surface area (Å²) in [5.74, 6) is 0. The van der Waals surface area contributed by atoms with E-state index in [-0.39, 0.29) is 0 Å². The number of hydrogen-bond acceptors (Lipinski definition) is 0. The van der Waals surface area contributed by atoms with Crippen molar-refractivity contribution < 1.29 is 4.39 Å². The highest BCUT2D eigenvalue weighted by Crippen LogP contribution is 2.17. The van der Waals surface area contributed by atoms with Gasteiger partial charge in [-0.25, -0.2) is 0 Å². The highest BCUT2D eigenvalue weighted by Gasteiger charge is 1.97. The lowest BCUT2D eigenvalue weighted by Gasteiger charge is -2.05. The van der Waals surface area contributed by atoms with Crippen molar-refractivity contribution in [3.8, 4) is 0 Å². The topological polar surface area (TPSA) is 0 Å². The standard InChI is InChI=1S/C13H16.2C2H6.CH3F/c1-3-4-6-9-12(2)13-10-7-5-8-11-13;3*1-2/h3-4,6-7,9-11H,1,5,8H2,2H3;2*1-2H3;1H3/b6-4-,12-9+;;;. The third-order valence-corrected chi connectivity index (χ3v) is 2.04. The van der Waals surface area contributed by atoms with Crippen molar-refractivity contribution in [2.75, 3.05) is 7.18 Å². The van der Waals surface area contributed by atoms with Gasteiger partial charge in [-0.3, -0.25) is 4.39 Å². The maximum absolute atomic E-state index is 9.50. The van der Waals surface area contributed by atoms with Gasteiger partial charge in [-0.2, -0.15) is 0 Å². The van der Waals surface area contributed by atoms with Crippen LogP contribution in [0.5, 0.6) is 0 Å². The van der Waals surface area contributed by atoms with Crippen LogP contribution >= 0.6 is 0 Å². The van der Waals surface area contributed by atoms with Crippen molar-refractivity contribution in [2.45, 2.75) is 47.5 Å². The fraction of sp³-hybridized carbons (Fsp3) is 0.444. The van der Waals surface area contributed by atoms with Gasteiger partial charge >= 0.3 is 0 Å². The first-order chi connectivity index (χ1) is 9.34. The van der Waals surface area contributed by atoms with Gasteiger partial charge in [0.05, 0.1) is 7.18 Å². The van der Waals surface area contributed by atoms with E-state index in [4.69, 9.17) is 0 Å². The Hall–Kier alpha value is -1.37. The van der Waals surface area contributed by atoms with Crippen LogP contribution in [-0.2, 0) is 0 Å². The van der Waals surface area contributed by atoms with E-state index in [1.165, 1.54) is 24.0 Å². The molecule has 0 saturated heterocycles. The van der Waals surface area contributed by atoms with Crippen LogP contribution < -0.4 is 0 Å². The molecule has 19 heavy (non-hydrogen) atoms. The Kier molecular flexibility index (Phi) is 26.2. The van der Waals surface area contributed by atoms with Gasteiger partial charge in [0.15, 0.2) is 0 Å². The average molecular weight is 266 g/mol. The quantitative estimate of drug-likeness (QED) is 0.505. The fourth-order valence-electron chi connectivity index (χ4n) is 1.28. The molecule has 0 saturated carbocycles. The molecule has 0 aromatic rings. The summed E-state index contributed by atoms with van der Waals surface area (Å²) in [6.07, 6.45) is 16.9. The lowest BCUT2D eigenvalue weighted by atomic mass is 10.0. The Morgan fingerprint density at radius 1 is 1.11 bits per heavy atom. The van der Waals surface area contributed by atoms with Gasteiger partial charge in [0.2, 0.25) is 0 Å². The largest absolute Gasteiger partial charge is 0.255 e. The van der Waals surface area contributed by atoms with E-state index in [1.807, 2.05) is 39.8 Å². The maximum atomic E-state index is 9.50. The van der Waals surface area contributed by atoms with Crippen LogP contribution in [0.4, 0.5) is 4.39 Å². The number of alkyl halides is 1. The number of halogens is 1. The third-order valence-electron chi connectivity index (χ3n) is 2.04. The predicted octanol–water partition coefficient (Wildman–Crippen LogP) is 6.59. The second-order valence-corrected chi connectivity index (χ2v) is 3.11. The summed E-state index contributed by atoms with van der Waals surface area (Å²) in [4.78, 5) is 0. The van der Waals surface area contributed by atoms with E-state index in [1.54, 1.807) is 6.08 Å². The molecule has 0 N–H and O–H groups in total. The first-order valence-corrected chi connectivity index (χ1v) is 7.05. The summed E-state index contributed by atoms with van der Waals surface area (Å²) >= 11 is 0. The molecule has 0 heterocycles. The molecule has 1 aliphatic carbocycles. The minimum Gasteiger partial charge on any atom is -0.255 e. The Bertz CT molecular complexity index is 291. The monoisotopic (exact) mass is 266 g/mol. The first-order valence-electron chi connectivity index (χ1n) is 7.05. The van der Waals surface area contributed by atoms with Crippen molar-refractivity contribution in [3.63, 3.8) is 0 Å². The summed E-state index contributed by atoms with van der Waals surface area (Å²) in [6, 6.07) is 0. The van der Waals surface area contributed by atoms with Gasteiger partial charge in [-0.15, -0.1) is 0 Å². The molecule has 0 radical (unpaired) electrons. The van der Waals surface area contributed by atoms with Gasteiger partial charge in [-0.05, 0) is 30.9 Å². The Balaban J connectivity index is -0.000000375. The predicted molar refractivity (Wildman–Crippen MR) is 89.3 cm³/mol. The summed E-state index contributed by atoms with van der Waals surface area (Å²) in [5, 5.41) is 0. The van der Waals surface area contributed by atoms with E-state index in [0.717, 1.165) is 0 Å². The summed E-state index contributed by atoms with van der Waals surface area (Å²) in [7, 11) is 0.500. The van der Waals surface area contributed by atoms with Crippen LogP contribution in [0, 0.1) is 0 Å². The molecule has 1 aliphatic rings. The van der Waals surface area contributed by atoms with Crippen molar-refractivity contribution >= 4 is 0 Å². The van der Waals surface area contributed by atoms with Gasteiger partial charge in [0.25, 0.3) is 0 Å². The average Bonchev–Trinajstić information content (AvgIpc) is 2.54. The van der Waals surface area contributed by atoms with Crippen molar-refractivity contribution in [2.24, 2.45) is 0 Å². The smallest absolute Gasteiger partial charge is 0.0785 e. The minimum absolute atomic E-state index is 0.500. The van der Waals surface area contributed by atoms with Crippen LogP contribution in [-0.4, -0.2) is 7.18 Å². The zero-order valence-electron chi connectivity index (χ0n) is 13.5. The summed E-state index contributed by atoms with van der Waals surface area (Å²) in [6.45, 7) is 13.8. The Morgan fingerprint density at radius 3 is 2.11 bits per heavy atom. The molecular formula is C18H31F. The number of allylic oxidation sites excluding steroid dienone is 9. The number of hydrogen-bond donors (Lipinski definition) is 0. The normalized spacial score (nSPS) is 13.0. The zero-order chi connectivity index (χ0) is 15.5. The molecule has 1 heteroatoms. The molecule has 110 valence electrons. The van der Waals surface area contributed by atoms with Gasteiger partial charge in [-0.1, -0.05) is 76.8 Å². The SMILES string of the molecule is C=C/C=C\C=C(/C)C1=CCCC=C1.CC.CC.CF. The molecule has 0 unspecified atom stereocenters. The van der Waals surface area contributed by atoms with Crippen molar-refractivity contribution in [1.82, 2.24) is 0 Å². The highest BCUT2D eigenvalue weighted by atomic mass is 19.1. The van der Waals surface area contributed by atoms with Gasteiger partial charge < -0.3 is 0 Å². The van der Waals surface area contributed by atoms with E-state index >= 15 is 0 Å². The lowest BCUT2D eigenvalue weighted by Crippen LogP contribution is -1.85. The van der Waals surface area contributed by atoms with E-state index in [9.17, 15) is 4.39 Å². The molecular weight excluding hydrogens is 235 g/mol. The van der Waals surface area contributed by atoms with Crippen LogP contribution in [0.2, 0.25) is 0 Å². The van der Waals surface area contributed by atoms with Crippen LogP contribution in [0.3, 0.4) is 0 Å². The molecule has 0 aromatic heterocycles. The molecule has 0 nitrogen and oxygen atoms in total. The summed E-state index contributed by atoms with van der Waals surface area (Å²) in [5.41, 5.74) is 2.66. The molecule has 0 spiro atoms. The van der Waals surface area contributed by atoms with Crippen LogP contribution in [0.25, 0.3) is 0 Å². The summed E-state index contributed by atoms with van der Waals surface area (Å²) < 4.78 is 9.50. The molecule has 0 atom stereocenters. The van der Waals surface area contributed by atoms with Gasteiger partial charge in [0.1, 0.15) is 0 Å². The van der Waals surface area contributed by atoms with Crippen LogP contribution in [0.15, 0.2) is 60.3 Å². The molecule has 0 bridgehead atoms. The molecule has 0 amide bonds. The maximum Gasteiger partial charge on any atom is 0.0785 e. The Labute approximate surface area is 120 Å². The second-order valence-electron chi connectivity index (χ2n) is 3.11. The van der Waals surface area contributed by atoms with Crippen molar-refractivity contribution in [1.29, 1.82) is 0 Å². The second kappa shape index (κ2) is 21.9. The lowest BCUT2D eigenvalue weighted by molar-refractivity contribution is 0.636. The molecule has 1 rings (SSSR count). The van der Waals surface area contributed by atoms with Crippen LogP contribution in [0.1, 0.15) is 47.5 Å². The van der Waals surface area contributed by atoms with E-state index in [0.29, 0.717) is 7.18 Å².